The average molecular weight is 285 g/mol. The van der Waals surface area contributed by atoms with Crippen LogP contribution in [0, 0.1) is 0 Å². The third-order valence-electron chi connectivity index (χ3n) is 2.84. The highest BCUT2D eigenvalue weighted by molar-refractivity contribution is 6.31. The normalized spacial score (nSPS) is 22.7. The number of likely N-dealkylation sites (N-methyl/N-ethyl adjacent to an activating group) is 1. The van der Waals surface area contributed by atoms with Gasteiger partial charge in [0.15, 0.2) is 0 Å². The number of hydrazone groups is 1. The van der Waals surface area contributed by atoms with E-state index in [-0.39, 0.29) is 5.71 Å². The van der Waals surface area contributed by atoms with Gasteiger partial charge in [0.05, 0.1) is 5.71 Å². The van der Waals surface area contributed by atoms with Crippen molar-refractivity contribution in [1.82, 2.24) is 15.4 Å². The van der Waals surface area contributed by atoms with Crippen LogP contribution in [0.4, 0.5) is 4.79 Å². The second kappa shape index (κ2) is 5.87. The van der Waals surface area contributed by atoms with Gasteiger partial charge in [-0.1, -0.05) is 5.16 Å². The first-order chi connectivity index (χ1) is 9.27. The lowest BCUT2D eigenvalue weighted by atomic mass is 9.93. The number of nitrogens with one attached hydrogen (secondary N) is 1. The van der Waals surface area contributed by atoms with Crippen LogP contribution in [0.15, 0.2) is 10.3 Å². The SMILES string of the molecule is CON=C(C)C1(ONC(=O)N(C)C)C(=O)N(C)N=C1C. The fraction of sp³-hybridized carbons (Fsp3) is 0.636. The highest BCUT2D eigenvalue weighted by Crippen LogP contribution is 2.25. The summed E-state index contributed by atoms with van der Waals surface area (Å²) in [4.78, 5) is 35.2. The molecule has 1 unspecified atom stereocenters. The Labute approximate surface area is 117 Å². The number of amides is 3. The molecular weight excluding hydrogens is 266 g/mol. The van der Waals surface area contributed by atoms with Crippen molar-refractivity contribution in [2.45, 2.75) is 19.4 Å². The largest absolute Gasteiger partial charge is 0.399 e. The van der Waals surface area contributed by atoms with E-state index in [9.17, 15) is 9.59 Å². The molecule has 20 heavy (non-hydrogen) atoms. The third-order valence-corrected chi connectivity index (χ3v) is 2.84. The van der Waals surface area contributed by atoms with Crippen molar-refractivity contribution in [3.63, 3.8) is 0 Å². The zero-order valence-corrected chi connectivity index (χ0v) is 12.4. The third kappa shape index (κ3) is 2.57. The Kier molecular flexibility index (Phi) is 4.66. The van der Waals surface area contributed by atoms with Gasteiger partial charge in [-0.25, -0.2) is 20.1 Å². The number of urea groups is 1. The van der Waals surface area contributed by atoms with Crippen LogP contribution in [0.3, 0.4) is 0 Å². The number of hydrogen-bond acceptors (Lipinski definition) is 6. The number of rotatable bonds is 4. The molecule has 0 saturated carbocycles. The number of carbonyl (C=O) groups excluding carboxylic acids is 2. The van der Waals surface area contributed by atoms with Crippen molar-refractivity contribution in [1.29, 1.82) is 0 Å². The molecule has 0 aromatic carbocycles. The number of hydroxylamine groups is 1. The maximum absolute atomic E-state index is 12.3. The van der Waals surface area contributed by atoms with Crippen LogP contribution in [0.2, 0.25) is 0 Å². The van der Waals surface area contributed by atoms with E-state index in [1.165, 1.54) is 19.1 Å². The van der Waals surface area contributed by atoms with Crippen LogP contribution >= 0.6 is 0 Å². The highest BCUT2D eigenvalue weighted by Gasteiger charge is 2.54. The van der Waals surface area contributed by atoms with Gasteiger partial charge in [-0.05, 0) is 13.8 Å². The molecule has 0 spiro atoms. The van der Waals surface area contributed by atoms with E-state index in [0.717, 1.165) is 5.01 Å². The van der Waals surface area contributed by atoms with Crippen LogP contribution in [-0.2, 0) is 14.5 Å². The van der Waals surface area contributed by atoms with Crippen molar-refractivity contribution in [3.05, 3.63) is 0 Å². The molecule has 0 aromatic rings. The molecule has 0 fully saturated rings. The molecule has 1 aliphatic rings. The van der Waals surface area contributed by atoms with Gasteiger partial charge >= 0.3 is 6.03 Å². The van der Waals surface area contributed by atoms with Crippen molar-refractivity contribution in [3.8, 4) is 0 Å². The standard InChI is InChI=1S/C11H19N5O4/c1-7-11(8(2)13-19-6,9(17)16(5)12-7)20-14-10(18)15(3)4/h1-6H3,(H,14,18). The minimum atomic E-state index is -1.59. The number of nitrogens with zero attached hydrogens (tertiary/aromatic N) is 4. The molecule has 0 bridgehead atoms. The molecular formula is C11H19N5O4. The van der Waals surface area contributed by atoms with Crippen LogP contribution < -0.4 is 5.48 Å². The summed E-state index contributed by atoms with van der Waals surface area (Å²) in [5, 5.41) is 8.89. The van der Waals surface area contributed by atoms with Gasteiger partial charge in [0.1, 0.15) is 12.8 Å². The Morgan fingerprint density at radius 3 is 2.50 bits per heavy atom. The molecule has 1 N–H and O–H groups in total. The summed E-state index contributed by atoms with van der Waals surface area (Å²) in [5.74, 6) is -0.465. The Hall–Kier alpha value is -2.16. The lowest BCUT2D eigenvalue weighted by molar-refractivity contribution is -0.143. The zero-order valence-electron chi connectivity index (χ0n) is 12.4. The van der Waals surface area contributed by atoms with Crippen molar-refractivity contribution < 1.29 is 19.3 Å². The Balaban J connectivity index is 3.11. The molecule has 9 nitrogen and oxygen atoms in total. The lowest BCUT2D eigenvalue weighted by Crippen LogP contribution is -2.57. The van der Waals surface area contributed by atoms with Crippen LogP contribution in [0.1, 0.15) is 13.8 Å². The molecule has 0 saturated heterocycles. The van der Waals surface area contributed by atoms with E-state index in [4.69, 9.17) is 4.84 Å². The van der Waals surface area contributed by atoms with E-state index in [2.05, 4.69) is 20.6 Å². The van der Waals surface area contributed by atoms with Crippen LogP contribution in [0.25, 0.3) is 0 Å². The minimum absolute atomic E-state index is 0.231. The van der Waals surface area contributed by atoms with E-state index >= 15 is 0 Å². The van der Waals surface area contributed by atoms with Gasteiger partial charge in [-0.2, -0.15) is 5.10 Å². The topological polar surface area (TPSA) is 95.8 Å². The lowest BCUT2D eigenvalue weighted by Gasteiger charge is -2.27. The van der Waals surface area contributed by atoms with Gasteiger partial charge in [0.25, 0.3) is 11.5 Å². The van der Waals surface area contributed by atoms with Crippen molar-refractivity contribution >= 4 is 23.4 Å². The molecule has 0 aromatic heterocycles. The summed E-state index contributed by atoms with van der Waals surface area (Å²) in [6.07, 6.45) is 0. The molecule has 112 valence electrons. The summed E-state index contributed by atoms with van der Waals surface area (Å²) in [7, 11) is 5.94. The van der Waals surface area contributed by atoms with Crippen molar-refractivity contribution in [2.24, 2.45) is 10.3 Å². The summed E-state index contributed by atoms with van der Waals surface area (Å²) >= 11 is 0. The van der Waals surface area contributed by atoms with E-state index in [1.807, 2.05) is 0 Å². The molecule has 0 aliphatic carbocycles. The first kappa shape index (κ1) is 15.9. The van der Waals surface area contributed by atoms with Crippen LogP contribution in [-0.4, -0.2) is 67.1 Å². The average Bonchev–Trinajstić information content (AvgIpc) is 2.59. The van der Waals surface area contributed by atoms with Gasteiger partial charge in [0, 0.05) is 21.1 Å². The van der Waals surface area contributed by atoms with Gasteiger partial charge in [-0.3, -0.25) is 4.79 Å². The second-order valence-electron chi connectivity index (χ2n) is 4.46. The van der Waals surface area contributed by atoms with Gasteiger partial charge in [0.2, 0.25) is 0 Å². The molecule has 1 heterocycles. The number of oxime groups is 1. The Morgan fingerprint density at radius 2 is 2.10 bits per heavy atom. The van der Waals surface area contributed by atoms with E-state index < -0.39 is 17.5 Å². The van der Waals surface area contributed by atoms with E-state index in [1.54, 1.807) is 27.9 Å². The van der Waals surface area contributed by atoms with Gasteiger partial charge < -0.3 is 9.74 Å². The summed E-state index contributed by atoms with van der Waals surface area (Å²) in [6.45, 7) is 3.17. The maximum Gasteiger partial charge on any atom is 0.340 e. The first-order valence-electron chi connectivity index (χ1n) is 5.84. The molecule has 9 heteroatoms. The summed E-state index contributed by atoms with van der Waals surface area (Å²) < 4.78 is 0. The smallest absolute Gasteiger partial charge is 0.340 e. The van der Waals surface area contributed by atoms with E-state index in [0.29, 0.717) is 5.71 Å². The fourth-order valence-corrected chi connectivity index (χ4v) is 1.74. The Morgan fingerprint density at radius 1 is 1.50 bits per heavy atom. The predicted octanol–water partition coefficient (Wildman–Crippen LogP) is -0.202. The molecule has 1 aliphatic heterocycles. The maximum atomic E-state index is 12.3. The van der Waals surface area contributed by atoms with Crippen LogP contribution in [0.5, 0.6) is 0 Å². The Bertz CT molecular complexity index is 473. The monoisotopic (exact) mass is 285 g/mol. The molecule has 1 atom stereocenters. The second-order valence-corrected chi connectivity index (χ2v) is 4.46. The zero-order chi connectivity index (χ0) is 15.5. The number of carbonyl (C=O) groups is 2. The molecule has 1 rings (SSSR count). The molecule has 3 amide bonds. The predicted molar refractivity (Wildman–Crippen MR) is 72.0 cm³/mol. The van der Waals surface area contributed by atoms with Crippen molar-refractivity contribution in [2.75, 3.05) is 28.3 Å². The summed E-state index contributed by atoms with van der Waals surface area (Å²) in [5.41, 5.74) is 1.20. The van der Waals surface area contributed by atoms with Gasteiger partial charge in [-0.15, -0.1) is 0 Å². The first-order valence-corrected chi connectivity index (χ1v) is 5.84. The fourth-order valence-electron chi connectivity index (χ4n) is 1.74. The quantitative estimate of drug-likeness (QED) is 0.571. The number of hydrogen-bond donors (Lipinski definition) is 1. The minimum Gasteiger partial charge on any atom is -0.399 e. The summed E-state index contributed by atoms with van der Waals surface area (Å²) in [6, 6.07) is -0.509. The molecule has 0 radical (unpaired) electrons. The highest BCUT2D eigenvalue weighted by atomic mass is 16.7.